The maximum Gasteiger partial charge on any atom is 0.573 e. The minimum absolute atomic E-state index is 0.230. The van der Waals surface area contributed by atoms with Crippen molar-refractivity contribution >= 4 is 17.6 Å². The third-order valence-corrected chi connectivity index (χ3v) is 5.96. The average molecular weight is 512 g/mol. The Bertz CT molecular complexity index is 1230. The number of carboxylic acid groups (broad SMARTS) is 1. The first-order valence-corrected chi connectivity index (χ1v) is 10.9. The molecular weight excluding hydrogens is 487 g/mol. The minimum Gasteiger partial charge on any atom is -0.478 e. The van der Waals surface area contributed by atoms with Crippen LogP contribution in [0.1, 0.15) is 32.0 Å². The van der Waals surface area contributed by atoms with E-state index in [4.69, 9.17) is 16.3 Å². The molecule has 0 radical (unpaired) electrons. The molecule has 2 aromatic carbocycles. The fraction of sp³-hybridized carbons (Fsp3) is 0.333. The summed E-state index contributed by atoms with van der Waals surface area (Å²) >= 11 is 6.43. The number of benzene rings is 2. The third-order valence-electron chi connectivity index (χ3n) is 5.67. The van der Waals surface area contributed by atoms with Crippen LogP contribution in [0, 0.1) is 0 Å². The minimum atomic E-state index is -4.76. The van der Waals surface area contributed by atoms with Crippen molar-refractivity contribution in [2.45, 2.75) is 38.3 Å². The fourth-order valence-electron chi connectivity index (χ4n) is 3.54. The highest BCUT2D eigenvalue weighted by molar-refractivity contribution is 6.32. The van der Waals surface area contributed by atoms with Gasteiger partial charge >= 0.3 is 12.3 Å². The van der Waals surface area contributed by atoms with E-state index in [2.05, 4.69) is 15.2 Å². The van der Waals surface area contributed by atoms with Crippen LogP contribution in [0.3, 0.4) is 0 Å². The van der Waals surface area contributed by atoms with Crippen LogP contribution in [0.4, 0.5) is 13.2 Å². The van der Waals surface area contributed by atoms with E-state index in [1.54, 1.807) is 37.0 Å². The van der Waals surface area contributed by atoms with Gasteiger partial charge < -0.3 is 19.9 Å². The molecule has 1 unspecified atom stereocenters. The summed E-state index contributed by atoms with van der Waals surface area (Å²) in [5.41, 5.74) is 0.434. The molecule has 0 saturated heterocycles. The van der Waals surface area contributed by atoms with Crippen LogP contribution >= 0.6 is 11.6 Å². The number of hydrogen-bond donors (Lipinski definition) is 2. The zero-order valence-corrected chi connectivity index (χ0v) is 20.5. The van der Waals surface area contributed by atoms with Crippen molar-refractivity contribution in [2.75, 3.05) is 7.05 Å². The summed E-state index contributed by atoms with van der Waals surface area (Å²) < 4.78 is 48.5. The number of alkyl halides is 3. The second-order valence-electron chi connectivity index (χ2n) is 8.55. The molecule has 1 aromatic heterocycles. The quantitative estimate of drug-likeness (QED) is 0.423. The van der Waals surface area contributed by atoms with Gasteiger partial charge in [-0.1, -0.05) is 17.7 Å². The Morgan fingerprint density at radius 3 is 2.20 bits per heavy atom. The Labute approximate surface area is 205 Å². The van der Waals surface area contributed by atoms with Gasteiger partial charge in [0.2, 0.25) is 0 Å². The number of ether oxygens (including phenoxy) is 2. The summed E-state index contributed by atoms with van der Waals surface area (Å²) in [7, 11) is 3.52. The molecule has 3 rings (SSSR count). The molecule has 0 spiro atoms. The molecule has 188 valence electrons. The number of halogens is 4. The molecule has 0 amide bonds. The summed E-state index contributed by atoms with van der Waals surface area (Å²) in [6, 6.07) is 12.3. The van der Waals surface area contributed by atoms with E-state index in [9.17, 15) is 23.1 Å². The number of nitrogens with zero attached hydrogens (tertiary/aromatic N) is 2. The van der Waals surface area contributed by atoms with Gasteiger partial charge in [0.05, 0.1) is 21.9 Å². The van der Waals surface area contributed by atoms with E-state index in [1.165, 1.54) is 38.1 Å². The van der Waals surface area contributed by atoms with Crippen molar-refractivity contribution in [1.29, 1.82) is 0 Å². The van der Waals surface area contributed by atoms with Crippen LogP contribution in [0.5, 0.6) is 11.5 Å². The Hall–Kier alpha value is -3.24. The van der Waals surface area contributed by atoms with E-state index in [0.29, 0.717) is 11.3 Å². The van der Waals surface area contributed by atoms with Gasteiger partial charge in [0.15, 0.2) is 5.60 Å². The number of aromatic nitrogens is 2. The topological polar surface area (TPSA) is 85.6 Å². The second kappa shape index (κ2) is 9.43. The third kappa shape index (κ3) is 5.71. The zero-order chi connectivity index (χ0) is 26.2. The van der Waals surface area contributed by atoms with E-state index in [1.807, 2.05) is 13.0 Å². The molecule has 3 aromatic rings. The van der Waals surface area contributed by atoms with E-state index in [-0.39, 0.29) is 16.5 Å². The monoisotopic (exact) mass is 511 g/mol. The van der Waals surface area contributed by atoms with Crippen LogP contribution in [0.2, 0.25) is 5.02 Å². The van der Waals surface area contributed by atoms with Crippen molar-refractivity contribution in [3.05, 3.63) is 64.8 Å². The first-order valence-electron chi connectivity index (χ1n) is 10.5. The lowest BCUT2D eigenvalue weighted by Crippen LogP contribution is -2.40. The molecule has 0 aliphatic heterocycles. The first-order chi connectivity index (χ1) is 16.2. The summed E-state index contributed by atoms with van der Waals surface area (Å²) in [4.78, 5) is 11.4. The van der Waals surface area contributed by atoms with Gasteiger partial charge in [0.25, 0.3) is 0 Å². The molecule has 1 atom stereocenters. The van der Waals surface area contributed by atoms with Crippen LogP contribution in [0.15, 0.2) is 48.5 Å². The van der Waals surface area contributed by atoms with E-state index in [0.717, 1.165) is 11.3 Å². The predicted octanol–water partition coefficient (Wildman–Crippen LogP) is 5.36. The first kappa shape index (κ1) is 26.4. The van der Waals surface area contributed by atoms with Crippen molar-refractivity contribution in [3.8, 4) is 22.8 Å². The molecule has 0 fully saturated rings. The van der Waals surface area contributed by atoms with Crippen LogP contribution in [0.25, 0.3) is 11.3 Å². The van der Waals surface area contributed by atoms with Gasteiger partial charge in [-0.25, -0.2) is 4.79 Å². The van der Waals surface area contributed by atoms with E-state index < -0.39 is 23.5 Å². The second-order valence-corrected chi connectivity index (χ2v) is 8.96. The number of rotatable bonds is 8. The Balaban J connectivity index is 1.94. The molecule has 35 heavy (non-hydrogen) atoms. The lowest BCUT2D eigenvalue weighted by molar-refractivity contribution is -0.274. The smallest absolute Gasteiger partial charge is 0.478 e. The number of hydrogen-bond acceptors (Lipinski definition) is 5. The molecule has 0 aliphatic rings. The molecule has 0 saturated carbocycles. The Morgan fingerprint density at radius 2 is 1.69 bits per heavy atom. The van der Waals surface area contributed by atoms with Crippen LogP contribution < -0.4 is 14.8 Å². The van der Waals surface area contributed by atoms with Crippen LogP contribution in [-0.4, -0.2) is 39.9 Å². The van der Waals surface area contributed by atoms with Gasteiger partial charge in [0.1, 0.15) is 11.5 Å². The number of carboxylic acids is 1. The summed E-state index contributed by atoms with van der Waals surface area (Å²) in [5, 5.41) is 17.3. The number of aryl methyl sites for hydroxylation is 1. The normalized spacial score (nSPS) is 13.9. The van der Waals surface area contributed by atoms with Crippen molar-refractivity contribution in [2.24, 2.45) is 7.05 Å². The molecule has 11 heteroatoms. The molecule has 0 bridgehead atoms. The average Bonchev–Trinajstić information content (AvgIpc) is 3.16. The van der Waals surface area contributed by atoms with Crippen molar-refractivity contribution < 1.29 is 32.5 Å². The Morgan fingerprint density at radius 1 is 1.06 bits per heavy atom. The van der Waals surface area contributed by atoms with Crippen LogP contribution in [-0.2, 0) is 17.4 Å². The van der Waals surface area contributed by atoms with Gasteiger partial charge in [-0.05, 0) is 75.8 Å². The largest absolute Gasteiger partial charge is 0.573 e. The highest BCUT2D eigenvalue weighted by atomic mass is 35.5. The standard InChI is InChI=1S/C24H25ClF3N3O4/c1-22(2,21(32)33)35-19-11-8-15(12-17(19)25)23(3,29-4)20-13-18(30-31(20)5)14-6-9-16(10-7-14)34-24(26,27)28/h6-13,29H,1-5H3,(H,32,33). The summed E-state index contributed by atoms with van der Waals surface area (Å²) in [6.07, 6.45) is -4.76. The molecule has 1 heterocycles. The maximum atomic E-state index is 12.4. The lowest BCUT2D eigenvalue weighted by Gasteiger charge is -2.31. The summed E-state index contributed by atoms with van der Waals surface area (Å²) in [5.74, 6) is -1.22. The zero-order valence-electron chi connectivity index (χ0n) is 19.7. The SMILES string of the molecule is CNC(C)(c1ccc(OC(C)(C)C(=O)O)c(Cl)c1)c1cc(-c2ccc(OC(F)(F)F)cc2)nn1C. The number of carbonyl (C=O) groups is 1. The predicted molar refractivity (Wildman–Crippen MR) is 125 cm³/mol. The summed E-state index contributed by atoms with van der Waals surface area (Å²) in [6.45, 7) is 4.77. The van der Waals surface area contributed by atoms with E-state index >= 15 is 0 Å². The molecule has 0 aliphatic carbocycles. The van der Waals surface area contributed by atoms with Gasteiger partial charge in [-0.15, -0.1) is 13.2 Å². The highest BCUT2D eigenvalue weighted by Gasteiger charge is 2.34. The number of nitrogens with one attached hydrogen (secondary N) is 1. The fourth-order valence-corrected chi connectivity index (χ4v) is 3.76. The highest BCUT2D eigenvalue weighted by Crippen LogP contribution is 2.37. The van der Waals surface area contributed by atoms with Crippen molar-refractivity contribution in [1.82, 2.24) is 15.1 Å². The molecule has 2 N–H and O–H groups in total. The van der Waals surface area contributed by atoms with Gasteiger partial charge in [-0.2, -0.15) is 5.10 Å². The maximum absolute atomic E-state index is 12.4. The van der Waals surface area contributed by atoms with Gasteiger partial charge in [0, 0.05) is 12.6 Å². The number of aliphatic carboxylic acids is 1. The Kier molecular flexibility index (Phi) is 7.10. The molecule has 7 nitrogen and oxygen atoms in total. The lowest BCUT2D eigenvalue weighted by atomic mass is 9.88. The molecular formula is C24H25ClF3N3O4. The van der Waals surface area contributed by atoms with Crippen molar-refractivity contribution in [3.63, 3.8) is 0 Å². The van der Waals surface area contributed by atoms with Gasteiger partial charge in [-0.3, -0.25) is 4.68 Å².